The van der Waals surface area contributed by atoms with Crippen LogP contribution in [0.15, 0.2) is 54.6 Å². The number of hydrogen-bond donors (Lipinski definition) is 0. The average Bonchev–Trinajstić information content (AvgIpc) is 2.38. The zero-order chi connectivity index (χ0) is 12.1. The molecule has 0 unspecified atom stereocenters. The van der Waals surface area contributed by atoms with Gasteiger partial charge < -0.3 is 4.74 Å². The zero-order valence-corrected chi connectivity index (χ0v) is 9.10. The Morgan fingerprint density at radius 2 is 1.65 bits per heavy atom. The molecule has 2 nitrogen and oxygen atoms in total. The third-order valence-electron chi connectivity index (χ3n) is 2.31. The van der Waals surface area contributed by atoms with E-state index in [0.29, 0.717) is 0 Å². The molecule has 0 aromatic heterocycles. The van der Waals surface area contributed by atoms with Crippen molar-refractivity contribution in [2.45, 2.75) is 6.61 Å². The number of carbonyl (C=O) groups excluding carboxylic acids is 1. The monoisotopic (exact) mass is 230 g/mol. The van der Waals surface area contributed by atoms with Crippen molar-refractivity contribution >= 4 is 5.97 Å². The van der Waals surface area contributed by atoms with Crippen LogP contribution in [0.4, 0.5) is 4.39 Å². The van der Waals surface area contributed by atoms with Crippen molar-refractivity contribution in [1.29, 1.82) is 0 Å². The SMILES string of the molecule is O=C(OCc1ccccc1)c1ccccc1F. The highest BCUT2D eigenvalue weighted by atomic mass is 19.1. The van der Waals surface area contributed by atoms with E-state index in [4.69, 9.17) is 4.74 Å². The van der Waals surface area contributed by atoms with E-state index in [-0.39, 0.29) is 12.2 Å². The summed E-state index contributed by atoms with van der Waals surface area (Å²) in [5.41, 5.74) is 0.834. The van der Waals surface area contributed by atoms with Crippen molar-refractivity contribution in [3.8, 4) is 0 Å². The molecule has 0 atom stereocenters. The first-order chi connectivity index (χ1) is 8.27. The Kier molecular flexibility index (Phi) is 3.50. The van der Waals surface area contributed by atoms with Gasteiger partial charge in [-0.25, -0.2) is 9.18 Å². The van der Waals surface area contributed by atoms with Gasteiger partial charge in [0.05, 0.1) is 5.56 Å². The molecule has 0 N–H and O–H groups in total. The molecule has 0 aliphatic heterocycles. The first-order valence-corrected chi connectivity index (χ1v) is 5.23. The van der Waals surface area contributed by atoms with Gasteiger partial charge in [-0.1, -0.05) is 42.5 Å². The first kappa shape index (κ1) is 11.3. The molecule has 3 heteroatoms. The number of carbonyl (C=O) groups is 1. The summed E-state index contributed by atoms with van der Waals surface area (Å²) >= 11 is 0. The maximum Gasteiger partial charge on any atom is 0.341 e. The van der Waals surface area contributed by atoms with Crippen LogP contribution in [0.5, 0.6) is 0 Å². The predicted molar refractivity (Wildman–Crippen MR) is 62.0 cm³/mol. The summed E-state index contributed by atoms with van der Waals surface area (Å²) in [6, 6.07) is 15.0. The summed E-state index contributed by atoms with van der Waals surface area (Å²) in [5.74, 6) is -1.21. The van der Waals surface area contributed by atoms with Crippen molar-refractivity contribution in [2.75, 3.05) is 0 Å². The van der Waals surface area contributed by atoms with Gasteiger partial charge in [-0.15, -0.1) is 0 Å². The van der Waals surface area contributed by atoms with E-state index in [0.717, 1.165) is 5.56 Å². The van der Waals surface area contributed by atoms with Gasteiger partial charge in [0.1, 0.15) is 12.4 Å². The molecule has 17 heavy (non-hydrogen) atoms. The Bertz CT molecular complexity index is 509. The van der Waals surface area contributed by atoms with Gasteiger partial charge in [0.15, 0.2) is 0 Å². The Hall–Kier alpha value is -2.16. The Morgan fingerprint density at radius 3 is 2.35 bits per heavy atom. The topological polar surface area (TPSA) is 26.3 Å². The number of ether oxygens (including phenoxy) is 1. The fourth-order valence-corrected chi connectivity index (χ4v) is 1.43. The summed E-state index contributed by atoms with van der Waals surface area (Å²) in [7, 11) is 0. The van der Waals surface area contributed by atoms with Crippen molar-refractivity contribution in [3.63, 3.8) is 0 Å². The van der Waals surface area contributed by atoms with Gasteiger partial charge in [0, 0.05) is 0 Å². The van der Waals surface area contributed by atoms with Gasteiger partial charge >= 0.3 is 5.97 Å². The predicted octanol–water partition coefficient (Wildman–Crippen LogP) is 3.18. The minimum absolute atomic E-state index is 0.0385. The molecule has 2 aromatic rings. The third kappa shape index (κ3) is 2.91. The van der Waals surface area contributed by atoms with E-state index in [1.165, 1.54) is 18.2 Å². The van der Waals surface area contributed by atoms with Crippen LogP contribution in [0.25, 0.3) is 0 Å². The maximum atomic E-state index is 13.3. The molecule has 0 fully saturated rings. The second-order valence-electron chi connectivity index (χ2n) is 3.54. The third-order valence-corrected chi connectivity index (χ3v) is 2.31. The van der Waals surface area contributed by atoms with Crippen molar-refractivity contribution in [1.82, 2.24) is 0 Å². The summed E-state index contributed by atoms with van der Waals surface area (Å²) in [5, 5.41) is 0. The molecule has 2 aromatic carbocycles. The number of benzene rings is 2. The highest BCUT2D eigenvalue weighted by Crippen LogP contribution is 2.09. The number of halogens is 1. The Balaban J connectivity index is 2.01. The molecule has 0 spiro atoms. The molecule has 0 aliphatic rings. The summed E-state index contributed by atoms with van der Waals surface area (Å²) in [6.07, 6.45) is 0. The molecule has 0 aliphatic carbocycles. The minimum Gasteiger partial charge on any atom is -0.457 e. The van der Waals surface area contributed by atoms with Gasteiger partial charge in [0.2, 0.25) is 0 Å². The van der Waals surface area contributed by atoms with Gasteiger partial charge in [-0.3, -0.25) is 0 Å². The molecule has 0 saturated carbocycles. The van der Waals surface area contributed by atoms with E-state index in [1.54, 1.807) is 6.07 Å². The molecule has 0 saturated heterocycles. The lowest BCUT2D eigenvalue weighted by Gasteiger charge is -2.05. The standard InChI is InChI=1S/C14H11FO2/c15-13-9-5-4-8-12(13)14(16)17-10-11-6-2-1-3-7-11/h1-9H,10H2. The highest BCUT2D eigenvalue weighted by molar-refractivity contribution is 5.89. The Labute approximate surface area is 98.7 Å². The lowest BCUT2D eigenvalue weighted by molar-refractivity contribution is 0.0467. The molecule has 0 bridgehead atoms. The van der Waals surface area contributed by atoms with E-state index in [1.807, 2.05) is 30.3 Å². The zero-order valence-electron chi connectivity index (χ0n) is 9.10. The lowest BCUT2D eigenvalue weighted by atomic mass is 10.2. The number of esters is 1. The van der Waals surface area contributed by atoms with Gasteiger partial charge in [-0.2, -0.15) is 0 Å². The summed E-state index contributed by atoms with van der Waals surface area (Å²) < 4.78 is 18.3. The van der Waals surface area contributed by atoms with Crippen LogP contribution in [-0.2, 0) is 11.3 Å². The van der Waals surface area contributed by atoms with Crippen LogP contribution >= 0.6 is 0 Å². The summed E-state index contributed by atoms with van der Waals surface area (Å²) in [6.45, 7) is 0.147. The summed E-state index contributed by atoms with van der Waals surface area (Å²) in [4.78, 5) is 11.6. The maximum absolute atomic E-state index is 13.3. The fraction of sp³-hybridized carbons (Fsp3) is 0.0714. The second-order valence-corrected chi connectivity index (χ2v) is 3.54. The Morgan fingerprint density at radius 1 is 1.00 bits per heavy atom. The van der Waals surface area contributed by atoms with Gasteiger partial charge in [0.25, 0.3) is 0 Å². The van der Waals surface area contributed by atoms with Crippen molar-refractivity contribution in [2.24, 2.45) is 0 Å². The molecule has 0 radical (unpaired) electrons. The van der Waals surface area contributed by atoms with Crippen LogP contribution in [0, 0.1) is 5.82 Å². The molecule has 86 valence electrons. The highest BCUT2D eigenvalue weighted by Gasteiger charge is 2.11. The van der Waals surface area contributed by atoms with E-state index >= 15 is 0 Å². The minimum atomic E-state index is -0.646. The largest absolute Gasteiger partial charge is 0.457 e. The average molecular weight is 230 g/mol. The number of rotatable bonds is 3. The first-order valence-electron chi connectivity index (χ1n) is 5.23. The van der Waals surface area contributed by atoms with Crippen LogP contribution in [0.2, 0.25) is 0 Å². The van der Waals surface area contributed by atoms with Crippen molar-refractivity contribution < 1.29 is 13.9 Å². The quantitative estimate of drug-likeness (QED) is 0.757. The van der Waals surface area contributed by atoms with Crippen LogP contribution in [0.3, 0.4) is 0 Å². The van der Waals surface area contributed by atoms with E-state index in [9.17, 15) is 9.18 Å². The normalized spacial score (nSPS) is 9.94. The second kappa shape index (κ2) is 5.25. The molecule has 0 heterocycles. The fourth-order valence-electron chi connectivity index (χ4n) is 1.43. The molecular formula is C14H11FO2. The smallest absolute Gasteiger partial charge is 0.341 e. The van der Waals surface area contributed by atoms with E-state index < -0.39 is 11.8 Å². The van der Waals surface area contributed by atoms with Gasteiger partial charge in [-0.05, 0) is 17.7 Å². The van der Waals surface area contributed by atoms with Crippen LogP contribution < -0.4 is 0 Å². The lowest BCUT2D eigenvalue weighted by Crippen LogP contribution is -2.07. The van der Waals surface area contributed by atoms with Crippen LogP contribution in [-0.4, -0.2) is 5.97 Å². The van der Waals surface area contributed by atoms with E-state index in [2.05, 4.69) is 0 Å². The molecular weight excluding hydrogens is 219 g/mol. The molecule has 0 amide bonds. The molecule has 2 rings (SSSR count). The van der Waals surface area contributed by atoms with Crippen LogP contribution in [0.1, 0.15) is 15.9 Å². The van der Waals surface area contributed by atoms with Crippen molar-refractivity contribution in [3.05, 3.63) is 71.5 Å². The number of hydrogen-bond acceptors (Lipinski definition) is 2.